The van der Waals surface area contributed by atoms with Gasteiger partial charge in [-0.05, 0) is 19.3 Å². The van der Waals surface area contributed by atoms with Crippen LogP contribution in [-0.4, -0.2) is 23.0 Å². The summed E-state index contributed by atoms with van der Waals surface area (Å²) in [5, 5.41) is 6.73. The summed E-state index contributed by atoms with van der Waals surface area (Å²) in [6.07, 6.45) is 9.36. The van der Waals surface area contributed by atoms with Crippen LogP contribution in [0.5, 0.6) is 0 Å². The predicted molar refractivity (Wildman–Crippen MR) is 78.2 cm³/mol. The van der Waals surface area contributed by atoms with E-state index in [-0.39, 0.29) is 17.8 Å². The number of nitrogen functional groups attached to an aromatic ring is 1. The van der Waals surface area contributed by atoms with Crippen LogP contribution in [0.15, 0.2) is 0 Å². The molecule has 0 spiro atoms. The number of nitrogens with one attached hydrogen (secondary N) is 2. The number of hydrogen-bond acceptors (Lipinski definition) is 5. The fourth-order valence-electron chi connectivity index (χ4n) is 1.67. The number of nitrogens with two attached hydrogens (primary N) is 1. The van der Waals surface area contributed by atoms with Crippen LogP contribution in [0.1, 0.15) is 42.3 Å². The van der Waals surface area contributed by atoms with Crippen molar-refractivity contribution in [2.75, 3.05) is 11.1 Å². The van der Waals surface area contributed by atoms with Crippen molar-refractivity contribution in [1.29, 1.82) is 0 Å². The van der Waals surface area contributed by atoms with E-state index in [0.717, 1.165) is 25.7 Å². The molecule has 6 heteroatoms. The van der Waals surface area contributed by atoms with Gasteiger partial charge in [0.1, 0.15) is 10.7 Å². The summed E-state index contributed by atoms with van der Waals surface area (Å²) in [5.41, 5.74) is 5.78. The van der Waals surface area contributed by atoms with Crippen LogP contribution in [0.3, 0.4) is 0 Å². The average Bonchev–Trinajstić information content (AvgIpc) is 3.11. The number of thiazole rings is 1. The van der Waals surface area contributed by atoms with Crippen LogP contribution in [0, 0.1) is 12.3 Å². The average molecular weight is 278 g/mol. The van der Waals surface area contributed by atoms with E-state index in [1.165, 1.54) is 11.3 Å². The maximum absolute atomic E-state index is 12.1. The van der Waals surface area contributed by atoms with Crippen molar-refractivity contribution in [3.8, 4) is 12.3 Å². The molecule has 0 saturated heterocycles. The largest absolute Gasteiger partial charge is 0.382 e. The third-order valence-electron chi connectivity index (χ3n) is 2.85. The normalized spacial score (nSPS) is 15.6. The van der Waals surface area contributed by atoms with Gasteiger partial charge in [-0.3, -0.25) is 4.79 Å². The molecule has 1 atom stereocenters. The number of nitrogens with zero attached hydrogens (tertiary/aromatic N) is 1. The van der Waals surface area contributed by atoms with Crippen LogP contribution < -0.4 is 16.4 Å². The van der Waals surface area contributed by atoms with Gasteiger partial charge in [0.15, 0.2) is 5.13 Å². The van der Waals surface area contributed by atoms with Gasteiger partial charge < -0.3 is 16.4 Å². The molecule has 1 aliphatic rings. The molecule has 1 aliphatic carbocycles. The van der Waals surface area contributed by atoms with E-state index in [9.17, 15) is 4.79 Å². The van der Waals surface area contributed by atoms with Crippen LogP contribution in [0.4, 0.5) is 10.9 Å². The molecule has 1 aromatic heterocycles. The molecule has 1 saturated carbocycles. The van der Waals surface area contributed by atoms with Gasteiger partial charge in [-0.15, -0.1) is 6.42 Å². The molecule has 0 bridgehead atoms. The molecule has 5 nitrogen and oxygen atoms in total. The van der Waals surface area contributed by atoms with E-state index in [1.807, 2.05) is 6.92 Å². The second-order valence-corrected chi connectivity index (χ2v) is 5.63. The number of hydrogen-bond donors (Lipinski definition) is 3. The summed E-state index contributed by atoms with van der Waals surface area (Å²) in [4.78, 5) is 16.7. The van der Waals surface area contributed by atoms with Crippen molar-refractivity contribution in [1.82, 2.24) is 10.3 Å². The zero-order valence-corrected chi connectivity index (χ0v) is 11.7. The Morgan fingerprint density at radius 1 is 1.68 bits per heavy atom. The number of aromatic nitrogens is 1. The molecule has 102 valence electrons. The summed E-state index contributed by atoms with van der Waals surface area (Å²) in [6, 6.07) is 0.235. The van der Waals surface area contributed by atoms with Crippen LogP contribution in [0.2, 0.25) is 0 Å². The molecule has 2 rings (SSSR count). The topological polar surface area (TPSA) is 80.0 Å². The Morgan fingerprint density at radius 2 is 2.42 bits per heavy atom. The maximum Gasteiger partial charge on any atom is 0.266 e. The van der Waals surface area contributed by atoms with Crippen molar-refractivity contribution in [3.05, 3.63) is 4.88 Å². The highest BCUT2D eigenvalue weighted by atomic mass is 32.1. The number of rotatable bonds is 6. The Balaban J connectivity index is 2.01. The van der Waals surface area contributed by atoms with E-state index in [0.29, 0.717) is 16.1 Å². The minimum atomic E-state index is -0.251. The third kappa shape index (κ3) is 3.61. The number of carbonyl (C=O) groups is 1. The first-order valence-corrected chi connectivity index (χ1v) is 7.25. The monoisotopic (exact) mass is 278 g/mol. The molecule has 19 heavy (non-hydrogen) atoms. The van der Waals surface area contributed by atoms with E-state index >= 15 is 0 Å². The molecular weight excluding hydrogens is 260 g/mol. The van der Waals surface area contributed by atoms with Gasteiger partial charge >= 0.3 is 0 Å². The predicted octanol–water partition coefficient (Wildman–Crippen LogP) is 1.83. The molecule has 4 N–H and O–H groups in total. The Labute approximate surface area is 117 Å². The summed E-state index contributed by atoms with van der Waals surface area (Å²) in [7, 11) is 0. The number of anilines is 2. The molecule has 1 aromatic rings. The van der Waals surface area contributed by atoms with Gasteiger partial charge in [-0.2, -0.15) is 0 Å². The number of amides is 1. The summed E-state index contributed by atoms with van der Waals surface area (Å²) in [5.74, 6) is 2.59. The van der Waals surface area contributed by atoms with Crippen LogP contribution in [0.25, 0.3) is 0 Å². The van der Waals surface area contributed by atoms with Crippen LogP contribution >= 0.6 is 11.3 Å². The standard InChI is InChI=1S/C13H18N4OS/c1-3-5-8(4-2)15-12(18)10-11(14)17-13(19-10)16-9-6-7-9/h2,8-9H,3,5-7,14H2,1H3,(H,15,18)(H,16,17). The Hall–Kier alpha value is -1.74. The lowest BCUT2D eigenvalue weighted by Gasteiger charge is -2.10. The van der Waals surface area contributed by atoms with Gasteiger partial charge in [0.25, 0.3) is 5.91 Å². The van der Waals surface area contributed by atoms with Gasteiger partial charge in [0.05, 0.1) is 6.04 Å². The molecular formula is C13H18N4OS. The fraction of sp³-hybridized carbons (Fsp3) is 0.538. The first-order valence-electron chi connectivity index (χ1n) is 6.43. The highest BCUT2D eigenvalue weighted by Gasteiger charge is 2.24. The van der Waals surface area contributed by atoms with Gasteiger partial charge in [-0.1, -0.05) is 30.6 Å². The van der Waals surface area contributed by atoms with Crippen molar-refractivity contribution in [2.24, 2.45) is 0 Å². The second-order valence-electron chi connectivity index (χ2n) is 4.63. The molecule has 1 unspecified atom stereocenters. The molecule has 0 aliphatic heterocycles. The number of carbonyl (C=O) groups excluding carboxylic acids is 1. The first kappa shape index (κ1) is 13.7. The van der Waals surface area contributed by atoms with Crippen molar-refractivity contribution in [2.45, 2.75) is 44.7 Å². The van der Waals surface area contributed by atoms with Gasteiger partial charge in [0.2, 0.25) is 0 Å². The summed E-state index contributed by atoms with van der Waals surface area (Å²) >= 11 is 1.28. The lowest BCUT2D eigenvalue weighted by atomic mass is 10.2. The van der Waals surface area contributed by atoms with E-state index in [2.05, 4.69) is 21.5 Å². The highest BCUT2D eigenvalue weighted by molar-refractivity contribution is 7.18. The molecule has 1 fully saturated rings. The molecule has 1 heterocycles. The lowest BCUT2D eigenvalue weighted by molar-refractivity contribution is 0.0949. The van der Waals surface area contributed by atoms with Gasteiger partial charge in [-0.25, -0.2) is 4.98 Å². The number of terminal acetylenes is 1. The van der Waals surface area contributed by atoms with Crippen molar-refractivity contribution < 1.29 is 4.79 Å². The first-order chi connectivity index (χ1) is 9.13. The quantitative estimate of drug-likeness (QED) is 0.694. The van der Waals surface area contributed by atoms with Crippen LogP contribution in [-0.2, 0) is 0 Å². The van der Waals surface area contributed by atoms with Crippen molar-refractivity contribution in [3.63, 3.8) is 0 Å². The Kier molecular flexibility index (Phi) is 4.27. The fourth-order valence-corrected chi connectivity index (χ4v) is 2.53. The lowest BCUT2D eigenvalue weighted by Crippen LogP contribution is -2.33. The zero-order chi connectivity index (χ0) is 13.8. The molecule has 0 radical (unpaired) electrons. The summed E-state index contributed by atoms with van der Waals surface area (Å²) in [6.45, 7) is 2.02. The van der Waals surface area contributed by atoms with E-state index < -0.39 is 0 Å². The minimum Gasteiger partial charge on any atom is -0.382 e. The Morgan fingerprint density at radius 3 is 3.00 bits per heavy atom. The minimum absolute atomic E-state index is 0.241. The summed E-state index contributed by atoms with van der Waals surface area (Å²) < 4.78 is 0. The zero-order valence-electron chi connectivity index (χ0n) is 10.9. The van der Waals surface area contributed by atoms with Crippen molar-refractivity contribution >= 4 is 28.2 Å². The highest BCUT2D eigenvalue weighted by Crippen LogP contribution is 2.30. The Bertz CT molecular complexity index is 501. The SMILES string of the molecule is C#CC(CCC)NC(=O)c1sc(NC2CC2)nc1N. The molecule has 0 aromatic carbocycles. The van der Waals surface area contributed by atoms with E-state index in [1.54, 1.807) is 0 Å². The van der Waals surface area contributed by atoms with Gasteiger partial charge in [0, 0.05) is 6.04 Å². The molecule has 1 amide bonds. The van der Waals surface area contributed by atoms with E-state index in [4.69, 9.17) is 12.2 Å². The third-order valence-corrected chi connectivity index (χ3v) is 3.85. The smallest absolute Gasteiger partial charge is 0.266 e. The second kappa shape index (κ2) is 5.93. The maximum atomic E-state index is 12.1.